The molecule has 0 spiro atoms. The van der Waals surface area contributed by atoms with Gasteiger partial charge in [0.25, 0.3) is 11.6 Å². The number of carbonyl (C=O) groups excluding carboxylic acids is 2. The molecule has 0 aliphatic carbocycles. The van der Waals surface area contributed by atoms with E-state index in [1.54, 1.807) is 47.8 Å². The summed E-state index contributed by atoms with van der Waals surface area (Å²) in [4.78, 5) is 41.8. The average Bonchev–Trinajstić information content (AvgIpc) is 3.46. The van der Waals surface area contributed by atoms with Gasteiger partial charge >= 0.3 is 0 Å². The molecule has 1 unspecified atom stereocenters. The van der Waals surface area contributed by atoms with E-state index >= 15 is 0 Å². The monoisotopic (exact) mass is 584 g/mol. The molecule has 0 fully saturated rings. The van der Waals surface area contributed by atoms with Crippen molar-refractivity contribution < 1.29 is 18.9 Å². The van der Waals surface area contributed by atoms with Gasteiger partial charge in [0.1, 0.15) is 11.1 Å². The zero-order chi connectivity index (χ0) is 28.8. The standard InChI is InChI=1S/C30H21FN4O4S2/c31-25-12-5-4-11-24(25)28(36)32-21-13-15-23(16-14-21)41-27(19-7-2-1-3-8-19)29(37)34-30-33-26(18-40-30)20-9-6-10-22(17-20)35(38)39/h1-18,27H,(H,32,36)(H,33,34,37). The highest BCUT2D eigenvalue weighted by molar-refractivity contribution is 8.00. The Morgan fingerprint density at radius 3 is 2.37 bits per heavy atom. The van der Waals surface area contributed by atoms with Crippen LogP contribution < -0.4 is 10.6 Å². The first kappa shape index (κ1) is 27.7. The van der Waals surface area contributed by atoms with Crippen molar-refractivity contribution in [1.82, 2.24) is 4.98 Å². The number of amides is 2. The van der Waals surface area contributed by atoms with Crippen molar-refractivity contribution in [2.24, 2.45) is 0 Å². The largest absolute Gasteiger partial charge is 0.322 e. The zero-order valence-corrected chi connectivity index (χ0v) is 22.8. The van der Waals surface area contributed by atoms with Gasteiger partial charge in [0.05, 0.1) is 16.2 Å². The van der Waals surface area contributed by atoms with Gasteiger partial charge in [-0.25, -0.2) is 9.37 Å². The smallest absolute Gasteiger partial charge is 0.270 e. The maximum absolute atomic E-state index is 13.9. The van der Waals surface area contributed by atoms with Crippen LogP contribution in [0, 0.1) is 15.9 Å². The molecular formula is C30H21FN4O4S2. The van der Waals surface area contributed by atoms with E-state index in [9.17, 15) is 24.1 Å². The number of thioether (sulfide) groups is 1. The van der Waals surface area contributed by atoms with E-state index in [4.69, 9.17) is 0 Å². The van der Waals surface area contributed by atoms with Crippen LogP contribution >= 0.6 is 23.1 Å². The van der Waals surface area contributed by atoms with Crippen LogP contribution in [0.25, 0.3) is 11.3 Å². The van der Waals surface area contributed by atoms with Gasteiger partial charge in [-0.1, -0.05) is 54.6 Å². The molecule has 5 rings (SSSR count). The Morgan fingerprint density at radius 2 is 1.63 bits per heavy atom. The van der Waals surface area contributed by atoms with Gasteiger partial charge in [0, 0.05) is 33.7 Å². The van der Waals surface area contributed by atoms with E-state index in [1.165, 1.54) is 53.4 Å². The van der Waals surface area contributed by atoms with Crippen LogP contribution in [-0.4, -0.2) is 21.7 Å². The van der Waals surface area contributed by atoms with Gasteiger partial charge < -0.3 is 10.6 Å². The van der Waals surface area contributed by atoms with E-state index in [1.807, 2.05) is 30.3 Å². The lowest BCUT2D eigenvalue weighted by molar-refractivity contribution is -0.384. The lowest BCUT2D eigenvalue weighted by atomic mass is 10.1. The van der Waals surface area contributed by atoms with Gasteiger partial charge in [-0.2, -0.15) is 0 Å². The van der Waals surface area contributed by atoms with E-state index in [0.29, 0.717) is 22.1 Å². The van der Waals surface area contributed by atoms with Crippen LogP contribution in [0.4, 0.5) is 20.9 Å². The number of non-ortho nitro benzene ring substituents is 1. The van der Waals surface area contributed by atoms with Crippen molar-refractivity contribution >= 4 is 51.4 Å². The average molecular weight is 585 g/mol. The number of hydrogen-bond acceptors (Lipinski definition) is 7. The molecule has 5 aromatic rings. The first-order valence-corrected chi connectivity index (χ1v) is 14.0. The van der Waals surface area contributed by atoms with Crippen LogP contribution in [0.5, 0.6) is 0 Å². The van der Waals surface area contributed by atoms with Crippen LogP contribution in [0.2, 0.25) is 0 Å². The van der Waals surface area contributed by atoms with Gasteiger partial charge in [-0.3, -0.25) is 19.7 Å². The van der Waals surface area contributed by atoms with Crippen LogP contribution in [0.3, 0.4) is 0 Å². The number of hydrogen-bond donors (Lipinski definition) is 2. The lowest BCUT2D eigenvalue weighted by Gasteiger charge is -2.16. The molecule has 4 aromatic carbocycles. The number of nitro groups is 1. The first-order valence-electron chi connectivity index (χ1n) is 12.3. The number of rotatable bonds is 9. The molecule has 2 amide bonds. The summed E-state index contributed by atoms with van der Waals surface area (Å²) in [5, 5.41) is 18.1. The van der Waals surface area contributed by atoms with Crippen molar-refractivity contribution in [2.75, 3.05) is 10.6 Å². The summed E-state index contributed by atoms with van der Waals surface area (Å²) in [6.45, 7) is 0. The Balaban J connectivity index is 1.30. The number of nitrogens with one attached hydrogen (secondary N) is 2. The van der Waals surface area contributed by atoms with Gasteiger partial charge in [0.2, 0.25) is 5.91 Å². The van der Waals surface area contributed by atoms with Crippen molar-refractivity contribution in [1.29, 1.82) is 0 Å². The minimum atomic E-state index is -0.625. The number of nitrogens with zero attached hydrogens (tertiary/aromatic N) is 2. The maximum atomic E-state index is 13.9. The first-order chi connectivity index (χ1) is 19.9. The Labute approximate surface area is 242 Å². The number of nitro benzene ring substituents is 1. The molecular weight excluding hydrogens is 563 g/mol. The SMILES string of the molecule is O=C(Nc1ccc(SC(C(=O)Nc2nc(-c3cccc([N+](=O)[O-])c3)cs2)c2ccccc2)cc1)c1ccccc1F. The molecule has 41 heavy (non-hydrogen) atoms. The molecule has 0 bridgehead atoms. The molecule has 204 valence electrons. The second kappa shape index (κ2) is 12.5. The summed E-state index contributed by atoms with van der Waals surface area (Å²) in [5.74, 6) is -1.46. The van der Waals surface area contributed by atoms with Crippen molar-refractivity contribution in [3.05, 3.63) is 136 Å². The maximum Gasteiger partial charge on any atom is 0.270 e. The third kappa shape index (κ3) is 6.83. The predicted molar refractivity (Wildman–Crippen MR) is 159 cm³/mol. The van der Waals surface area contributed by atoms with E-state index in [2.05, 4.69) is 15.6 Å². The fourth-order valence-electron chi connectivity index (χ4n) is 3.91. The number of carbonyl (C=O) groups is 2. The summed E-state index contributed by atoms with van der Waals surface area (Å²) in [6, 6.07) is 28.1. The summed E-state index contributed by atoms with van der Waals surface area (Å²) < 4.78 is 13.9. The second-order valence-electron chi connectivity index (χ2n) is 8.70. The molecule has 0 aliphatic heterocycles. The fourth-order valence-corrected chi connectivity index (χ4v) is 5.66. The number of benzene rings is 4. The highest BCUT2D eigenvalue weighted by Gasteiger charge is 2.23. The molecule has 1 atom stereocenters. The van der Waals surface area contributed by atoms with Crippen molar-refractivity contribution in [2.45, 2.75) is 10.1 Å². The number of thiazole rings is 1. The van der Waals surface area contributed by atoms with E-state index in [0.717, 1.165) is 10.5 Å². The summed E-state index contributed by atoms with van der Waals surface area (Å²) >= 11 is 2.54. The molecule has 0 saturated carbocycles. The molecule has 1 aromatic heterocycles. The highest BCUT2D eigenvalue weighted by Crippen LogP contribution is 2.37. The Kier molecular flexibility index (Phi) is 8.47. The number of anilines is 2. The van der Waals surface area contributed by atoms with Crippen LogP contribution in [0.15, 0.2) is 113 Å². The minimum Gasteiger partial charge on any atom is -0.322 e. The Hall–Kier alpha value is -4.87. The molecule has 2 N–H and O–H groups in total. The minimum absolute atomic E-state index is 0.0422. The highest BCUT2D eigenvalue weighted by atomic mass is 32.2. The van der Waals surface area contributed by atoms with Crippen molar-refractivity contribution in [3.8, 4) is 11.3 Å². The van der Waals surface area contributed by atoms with E-state index < -0.39 is 21.9 Å². The van der Waals surface area contributed by atoms with Gasteiger partial charge in [-0.05, 0) is 42.0 Å². The second-order valence-corrected chi connectivity index (χ2v) is 10.7. The fraction of sp³-hybridized carbons (Fsp3) is 0.0333. The Bertz CT molecular complexity index is 1710. The Morgan fingerprint density at radius 1 is 0.902 bits per heavy atom. The quantitative estimate of drug-likeness (QED) is 0.105. The summed E-state index contributed by atoms with van der Waals surface area (Å²) in [5.41, 5.74) is 2.27. The molecule has 0 aliphatic rings. The van der Waals surface area contributed by atoms with Crippen LogP contribution in [0.1, 0.15) is 21.2 Å². The number of halogens is 1. The van der Waals surface area contributed by atoms with Crippen LogP contribution in [-0.2, 0) is 4.79 Å². The van der Waals surface area contributed by atoms with Crippen molar-refractivity contribution in [3.63, 3.8) is 0 Å². The molecule has 1 heterocycles. The normalized spacial score (nSPS) is 11.4. The third-order valence-electron chi connectivity index (χ3n) is 5.91. The van der Waals surface area contributed by atoms with E-state index in [-0.39, 0.29) is 17.2 Å². The third-order valence-corrected chi connectivity index (χ3v) is 7.94. The molecule has 8 nitrogen and oxygen atoms in total. The summed E-state index contributed by atoms with van der Waals surface area (Å²) in [7, 11) is 0. The molecule has 0 saturated heterocycles. The van der Waals surface area contributed by atoms with Gasteiger partial charge in [-0.15, -0.1) is 23.1 Å². The summed E-state index contributed by atoms with van der Waals surface area (Å²) in [6.07, 6.45) is 0. The topological polar surface area (TPSA) is 114 Å². The lowest BCUT2D eigenvalue weighted by Crippen LogP contribution is -2.19. The van der Waals surface area contributed by atoms with Gasteiger partial charge in [0.15, 0.2) is 5.13 Å². The number of aromatic nitrogens is 1. The molecule has 11 heteroatoms. The predicted octanol–water partition coefficient (Wildman–Crippen LogP) is 7.58. The zero-order valence-electron chi connectivity index (χ0n) is 21.2. The molecule has 0 radical (unpaired) electrons.